The van der Waals surface area contributed by atoms with E-state index in [4.69, 9.17) is 4.74 Å². The van der Waals surface area contributed by atoms with Crippen molar-refractivity contribution >= 4 is 5.91 Å². The van der Waals surface area contributed by atoms with Crippen LogP contribution in [0.2, 0.25) is 0 Å². The van der Waals surface area contributed by atoms with E-state index in [0.29, 0.717) is 6.54 Å². The van der Waals surface area contributed by atoms with E-state index in [1.807, 2.05) is 36.4 Å². The molecule has 0 spiro atoms. The Morgan fingerprint density at radius 1 is 0.919 bits per heavy atom. The van der Waals surface area contributed by atoms with E-state index < -0.39 is 6.10 Å². The molecule has 1 aliphatic heterocycles. The zero-order chi connectivity index (χ0) is 25.6. The Kier molecular flexibility index (Phi) is 7.67. The molecule has 1 amide bonds. The molecule has 4 aromatic rings. The van der Waals surface area contributed by atoms with Crippen molar-refractivity contribution in [1.82, 2.24) is 10.2 Å². The number of carbonyl (C=O) groups excluding carboxylic acids is 1. The van der Waals surface area contributed by atoms with Crippen molar-refractivity contribution < 1.29 is 9.53 Å². The average Bonchev–Trinajstić information content (AvgIpc) is 2.92. The second-order valence-corrected chi connectivity index (χ2v) is 9.85. The maximum Gasteiger partial charge on any atom is 0.261 e. The number of carbonyl (C=O) groups is 1. The summed E-state index contributed by atoms with van der Waals surface area (Å²) in [6.45, 7) is 6.30. The first-order valence-corrected chi connectivity index (χ1v) is 13.0. The molecule has 5 rings (SSSR count). The molecule has 4 heteroatoms. The third kappa shape index (κ3) is 6.10. The molecule has 0 fully saturated rings. The van der Waals surface area contributed by atoms with Gasteiger partial charge < -0.3 is 10.1 Å². The lowest BCUT2D eigenvalue weighted by atomic mass is 9.87. The highest BCUT2D eigenvalue weighted by atomic mass is 16.5. The minimum Gasteiger partial charge on any atom is -0.481 e. The summed E-state index contributed by atoms with van der Waals surface area (Å²) in [5, 5.41) is 2.98. The summed E-state index contributed by atoms with van der Waals surface area (Å²) >= 11 is 0. The van der Waals surface area contributed by atoms with Gasteiger partial charge >= 0.3 is 0 Å². The van der Waals surface area contributed by atoms with Crippen LogP contribution in [0.3, 0.4) is 0 Å². The second kappa shape index (κ2) is 11.4. The Balaban J connectivity index is 1.36. The van der Waals surface area contributed by atoms with Crippen LogP contribution >= 0.6 is 0 Å². The van der Waals surface area contributed by atoms with Gasteiger partial charge in [-0.25, -0.2) is 0 Å². The molecule has 0 aliphatic carbocycles. The summed E-state index contributed by atoms with van der Waals surface area (Å²) in [7, 11) is 0. The van der Waals surface area contributed by atoms with Gasteiger partial charge in [-0.3, -0.25) is 9.69 Å². The van der Waals surface area contributed by atoms with Crippen LogP contribution < -0.4 is 10.1 Å². The molecule has 0 bridgehead atoms. The van der Waals surface area contributed by atoms with Gasteiger partial charge in [0, 0.05) is 19.6 Å². The maximum atomic E-state index is 12.7. The van der Waals surface area contributed by atoms with E-state index in [0.717, 1.165) is 30.8 Å². The molecule has 0 saturated carbocycles. The highest BCUT2D eigenvalue weighted by Gasteiger charge is 2.29. The smallest absolute Gasteiger partial charge is 0.261 e. The van der Waals surface area contributed by atoms with Gasteiger partial charge in [0.1, 0.15) is 5.75 Å². The van der Waals surface area contributed by atoms with Gasteiger partial charge in [0.15, 0.2) is 6.10 Å². The minimum absolute atomic E-state index is 0.122. The number of hydrogen-bond donors (Lipinski definition) is 1. The third-order valence-corrected chi connectivity index (χ3v) is 7.02. The van der Waals surface area contributed by atoms with Gasteiger partial charge in [-0.2, -0.15) is 0 Å². The van der Waals surface area contributed by atoms with Gasteiger partial charge in [0.25, 0.3) is 5.91 Å². The second-order valence-electron chi connectivity index (χ2n) is 9.85. The lowest BCUT2D eigenvalue weighted by Crippen LogP contribution is -2.37. The Bertz CT molecular complexity index is 1340. The van der Waals surface area contributed by atoms with Crippen LogP contribution in [-0.2, 0) is 24.3 Å². The highest BCUT2D eigenvalue weighted by molar-refractivity contribution is 5.80. The number of fused-ring (bicyclic) bond motifs is 1. The molecular weight excluding hydrogens is 456 g/mol. The van der Waals surface area contributed by atoms with Crippen molar-refractivity contribution in [3.63, 3.8) is 0 Å². The van der Waals surface area contributed by atoms with Crippen LogP contribution in [0.1, 0.15) is 46.3 Å². The quantitative estimate of drug-likeness (QED) is 0.319. The Morgan fingerprint density at radius 2 is 1.65 bits per heavy atom. The predicted molar refractivity (Wildman–Crippen MR) is 148 cm³/mol. The maximum absolute atomic E-state index is 12.7. The van der Waals surface area contributed by atoms with E-state index in [1.54, 1.807) is 6.92 Å². The summed E-state index contributed by atoms with van der Waals surface area (Å²) in [5.74, 6) is 0.599. The fraction of sp³-hybridized carbons (Fsp3) is 0.242. The molecule has 0 unspecified atom stereocenters. The van der Waals surface area contributed by atoms with Crippen molar-refractivity contribution in [2.24, 2.45) is 0 Å². The number of aryl methyl sites for hydroxylation is 1. The van der Waals surface area contributed by atoms with E-state index in [1.165, 1.54) is 27.8 Å². The van der Waals surface area contributed by atoms with E-state index in [9.17, 15) is 4.79 Å². The van der Waals surface area contributed by atoms with Gasteiger partial charge in [-0.15, -0.1) is 0 Å². The first-order valence-electron chi connectivity index (χ1n) is 13.0. The van der Waals surface area contributed by atoms with Crippen molar-refractivity contribution in [1.29, 1.82) is 0 Å². The molecule has 0 aromatic heterocycles. The fourth-order valence-electron chi connectivity index (χ4n) is 5.15. The lowest BCUT2D eigenvalue weighted by Gasteiger charge is -2.38. The topological polar surface area (TPSA) is 41.6 Å². The Morgan fingerprint density at radius 3 is 2.41 bits per heavy atom. The van der Waals surface area contributed by atoms with Crippen LogP contribution in [0.15, 0.2) is 103 Å². The summed E-state index contributed by atoms with van der Waals surface area (Å²) in [5.41, 5.74) is 7.52. The van der Waals surface area contributed by atoms with Crippen LogP contribution in [0, 0.1) is 6.92 Å². The van der Waals surface area contributed by atoms with Crippen molar-refractivity contribution in [3.05, 3.63) is 137 Å². The molecule has 1 N–H and O–H groups in total. The summed E-state index contributed by atoms with van der Waals surface area (Å²) < 4.78 is 6.15. The fourth-order valence-corrected chi connectivity index (χ4v) is 5.15. The van der Waals surface area contributed by atoms with Gasteiger partial charge in [0.05, 0.1) is 6.04 Å². The van der Waals surface area contributed by atoms with Crippen LogP contribution in [-0.4, -0.2) is 23.5 Å². The summed E-state index contributed by atoms with van der Waals surface area (Å²) in [6.07, 6.45) is 0.390. The number of ether oxygens (including phenoxy) is 1. The van der Waals surface area contributed by atoms with Crippen molar-refractivity contribution in [2.45, 2.75) is 45.5 Å². The lowest BCUT2D eigenvalue weighted by molar-refractivity contribution is -0.127. The molecule has 1 aliphatic rings. The third-order valence-electron chi connectivity index (χ3n) is 7.02. The van der Waals surface area contributed by atoms with Gasteiger partial charge in [0.2, 0.25) is 0 Å². The standard InChI is InChI=1S/C33H34N2O2/c1-24-10-9-13-27(20-24)23-35-19-18-28-16-17-30(21-31(28)32(35)29-14-7-4-8-15-29)37-25(2)33(36)34-22-26-11-5-3-6-12-26/h3-17,20-21,25,32H,18-19,22-23H2,1-2H3,(H,34,36)/t25-,32+/m1/s1. The normalized spacial score (nSPS) is 16.0. The molecule has 188 valence electrons. The first-order chi connectivity index (χ1) is 18.1. The van der Waals surface area contributed by atoms with Gasteiger partial charge in [-0.05, 0) is 60.2 Å². The first kappa shape index (κ1) is 24.8. The number of benzene rings is 4. The minimum atomic E-state index is -0.594. The zero-order valence-electron chi connectivity index (χ0n) is 21.6. The molecule has 1 heterocycles. The Labute approximate surface area is 219 Å². The van der Waals surface area contributed by atoms with E-state index in [-0.39, 0.29) is 11.9 Å². The van der Waals surface area contributed by atoms with Gasteiger partial charge in [-0.1, -0.05) is 96.6 Å². The molecule has 4 aromatic carbocycles. The number of hydrogen-bond acceptors (Lipinski definition) is 3. The summed E-state index contributed by atoms with van der Waals surface area (Å²) in [4.78, 5) is 15.3. The monoisotopic (exact) mass is 490 g/mol. The molecular formula is C33H34N2O2. The number of amides is 1. The molecule has 0 radical (unpaired) electrons. The summed E-state index contributed by atoms with van der Waals surface area (Å²) in [6, 6.07) is 35.8. The zero-order valence-corrected chi connectivity index (χ0v) is 21.6. The predicted octanol–water partition coefficient (Wildman–Crippen LogP) is 6.23. The molecule has 4 nitrogen and oxygen atoms in total. The average molecular weight is 491 g/mol. The largest absolute Gasteiger partial charge is 0.481 e. The number of rotatable bonds is 8. The Hall–Kier alpha value is -3.89. The molecule has 2 atom stereocenters. The number of nitrogens with zero attached hydrogens (tertiary/aromatic N) is 1. The van der Waals surface area contributed by atoms with Crippen LogP contribution in [0.25, 0.3) is 0 Å². The number of nitrogens with one attached hydrogen (secondary N) is 1. The van der Waals surface area contributed by atoms with Crippen LogP contribution in [0.5, 0.6) is 5.75 Å². The van der Waals surface area contributed by atoms with Crippen molar-refractivity contribution in [3.8, 4) is 5.75 Å². The molecule has 37 heavy (non-hydrogen) atoms. The molecule has 0 saturated heterocycles. The van der Waals surface area contributed by atoms with Crippen molar-refractivity contribution in [2.75, 3.05) is 6.54 Å². The SMILES string of the molecule is Cc1cccc(CN2CCc3ccc(O[C@H](C)C(=O)NCc4ccccc4)cc3[C@@H]2c2ccccc2)c1. The highest BCUT2D eigenvalue weighted by Crippen LogP contribution is 2.38. The van der Waals surface area contributed by atoms with Crippen LogP contribution in [0.4, 0.5) is 0 Å². The van der Waals surface area contributed by atoms with E-state index >= 15 is 0 Å². The van der Waals surface area contributed by atoms with E-state index in [2.05, 4.69) is 83.9 Å².